The Balaban J connectivity index is 1.95. The minimum atomic E-state index is -0.452. The largest absolute Gasteiger partial charge is 0.462 e. The van der Waals surface area contributed by atoms with Gasteiger partial charge in [-0.3, -0.25) is 4.79 Å². The summed E-state index contributed by atoms with van der Waals surface area (Å²) >= 11 is 6.94. The molecule has 0 aliphatic carbocycles. The van der Waals surface area contributed by atoms with Crippen molar-refractivity contribution in [1.29, 1.82) is 0 Å². The van der Waals surface area contributed by atoms with Gasteiger partial charge in [0.25, 0.3) is 0 Å². The Morgan fingerprint density at radius 1 is 1.00 bits per heavy atom. The van der Waals surface area contributed by atoms with Crippen molar-refractivity contribution in [2.24, 2.45) is 0 Å². The van der Waals surface area contributed by atoms with Crippen molar-refractivity contribution < 1.29 is 14.3 Å². The molecule has 1 amide bonds. The first-order chi connectivity index (χ1) is 13.6. The number of hydrogen-bond acceptors (Lipinski definition) is 4. The third kappa shape index (κ3) is 4.61. The lowest BCUT2D eigenvalue weighted by molar-refractivity contribution is -0.115. The zero-order valence-corrected chi connectivity index (χ0v) is 17.0. The minimum Gasteiger partial charge on any atom is -0.462 e. The molecule has 0 aliphatic rings. The van der Waals surface area contributed by atoms with Crippen LogP contribution in [0.4, 0.5) is 5.00 Å². The van der Waals surface area contributed by atoms with Gasteiger partial charge in [0, 0.05) is 23.2 Å². The summed E-state index contributed by atoms with van der Waals surface area (Å²) in [6, 6.07) is 18.0. The van der Waals surface area contributed by atoms with Crippen LogP contribution in [-0.2, 0) is 9.53 Å². The number of ether oxygens (including phenoxy) is 1. The van der Waals surface area contributed by atoms with E-state index in [9.17, 15) is 9.59 Å². The van der Waals surface area contributed by atoms with Gasteiger partial charge in [0.05, 0.1) is 6.61 Å². The number of benzene rings is 2. The van der Waals surface area contributed by atoms with Crippen molar-refractivity contribution in [3.8, 4) is 22.3 Å². The number of carbonyl (C=O) groups is 2. The van der Waals surface area contributed by atoms with Crippen molar-refractivity contribution in [2.45, 2.75) is 13.3 Å². The maximum atomic E-state index is 12.6. The van der Waals surface area contributed by atoms with Gasteiger partial charge in [-0.2, -0.15) is 0 Å². The van der Waals surface area contributed by atoms with Crippen molar-refractivity contribution in [3.05, 3.63) is 65.5 Å². The number of hydrogen-bond donors (Lipinski definition) is 1. The van der Waals surface area contributed by atoms with Crippen LogP contribution in [0.1, 0.15) is 23.7 Å². The minimum absolute atomic E-state index is 0.183. The molecule has 0 radical (unpaired) electrons. The Morgan fingerprint density at radius 2 is 1.64 bits per heavy atom. The maximum Gasteiger partial charge on any atom is 0.341 e. The summed E-state index contributed by atoms with van der Waals surface area (Å²) in [6.07, 6.45) is 0.183. The van der Waals surface area contributed by atoms with E-state index in [4.69, 9.17) is 16.3 Å². The predicted molar refractivity (Wildman–Crippen MR) is 115 cm³/mol. The lowest BCUT2D eigenvalue weighted by atomic mass is 9.99. The summed E-state index contributed by atoms with van der Waals surface area (Å²) in [5.74, 6) is -0.458. The Kier molecular flexibility index (Phi) is 6.85. The molecule has 0 saturated heterocycles. The maximum absolute atomic E-state index is 12.6. The molecule has 1 heterocycles. The average Bonchev–Trinajstić information content (AvgIpc) is 3.12. The molecule has 0 unspecified atom stereocenters. The molecule has 4 nitrogen and oxygen atoms in total. The average molecular weight is 414 g/mol. The molecule has 0 aliphatic heterocycles. The molecule has 1 N–H and O–H groups in total. The second kappa shape index (κ2) is 9.53. The van der Waals surface area contributed by atoms with Crippen LogP contribution in [-0.4, -0.2) is 24.4 Å². The molecule has 28 heavy (non-hydrogen) atoms. The van der Waals surface area contributed by atoms with Crippen LogP contribution in [0.5, 0.6) is 0 Å². The number of carbonyl (C=O) groups excluding carboxylic acids is 2. The molecule has 0 spiro atoms. The summed E-state index contributed by atoms with van der Waals surface area (Å²) in [5, 5.41) is 5.12. The smallest absolute Gasteiger partial charge is 0.341 e. The number of halogens is 1. The Hall–Kier alpha value is -2.63. The first kappa shape index (κ1) is 20.1. The molecule has 3 rings (SSSR count). The highest BCUT2D eigenvalue weighted by Crippen LogP contribution is 2.37. The van der Waals surface area contributed by atoms with E-state index in [1.807, 2.05) is 60.0 Å². The van der Waals surface area contributed by atoms with Gasteiger partial charge in [0.1, 0.15) is 10.6 Å². The topological polar surface area (TPSA) is 55.4 Å². The van der Waals surface area contributed by atoms with Crippen LogP contribution >= 0.6 is 22.9 Å². The van der Waals surface area contributed by atoms with Gasteiger partial charge in [-0.1, -0.05) is 54.6 Å². The highest BCUT2D eigenvalue weighted by Gasteiger charge is 2.22. The zero-order chi connectivity index (χ0) is 19.9. The summed E-state index contributed by atoms with van der Waals surface area (Å²) in [4.78, 5) is 24.5. The highest BCUT2D eigenvalue weighted by atomic mass is 35.5. The van der Waals surface area contributed by atoms with Gasteiger partial charge < -0.3 is 10.1 Å². The van der Waals surface area contributed by atoms with E-state index < -0.39 is 5.97 Å². The standard InChI is InChI=1S/C22H20ClNO3S/c1-2-27-22(26)20-18(14-28-21(20)24-19(25)12-13-23)17-10-8-16(9-11-17)15-6-4-3-5-7-15/h3-11,14H,2,12-13H2,1H3,(H,24,25). The second-order valence-electron chi connectivity index (χ2n) is 6.00. The number of rotatable bonds is 7. The number of alkyl halides is 1. The Bertz CT molecular complexity index is 952. The van der Waals surface area contributed by atoms with Crippen molar-refractivity contribution >= 4 is 39.8 Å². The molecule has 0 bridgehead atoms. The van der Waals surface area contributed by atoms with E-state index in [0.29, 0.717) is 10.6 Å². The SMILES string of the molecule is CCOC(=O)c1c(-c2ccc(-c3ccccc3)cc2)csc1NC(=O)CCCl. The Morgan fingerprint density at radius 3 is 2.29 bits per heavy atom. The van der Waals surface area contributed by atoms with Crippen LogP contribution in [0.25, 0.3) is 22.3 Å². The third-order valence-corrected chi connectivity index (χ3v) is 5.23. The molecule has 1 aromatic heterocycles. The van der Waals surface area contributed by atoms with Gasteiger partial charge in [0.2, 0.25) is 5.91 Å². The number of esters is 1. The fourth-order valence-electron chi connectivity index (χ4n) is 2.82. The molecule has 144 valence electrons. The van der Waals surface area contributed by atoms with Crippen LogP contribution in [0, 0.1) is 0 Å². The van der Waals surface area contributed by atoms with Crippen molar-refractivity contribution in [3.63, 3.8) is 0 Å². The summed E-state index contributed by atoms with van der Waals surface area (Å²) in [6.45, 7) is 2.01. The van der Waals surface area contributed by atoms with Gasteiger partial charge >= 0.3 is 5.97 Å². The number of nitrogens with one attached hydrogen (secondary N) is 1. The van der Waals surface area contributed by atoms with Crippen LogP contribution in [0.3, 0.4) is 0 Å². The van der Waals surface area contributed by atoms with Gasteiger partial charge in [0.15, 0.2) is 0 Å². The Labute approximate surface area is 173 Å². The van der Waals surface area contributed by atoms with Gasteiger partial charge in [-0.15, -0.1) is 22.9 Å². The lowest BCUT2D eigenvalue weighted by Crippen LogP contribution is -2.14. The molecular formula is C22H20ClNO3S. The second-order valence-corrected chi connectivity index (χ2v) is 7.26. The first-order valence-corrected chi connectivity index (χ1v) is 10.4. The molecule has 0 saturated carbocycles. The third-order valence-electron chi connectivity index (χ3n) is 4.15. The molecule has 6 heteroatoms. The van der Waals surface area contributed by atoms with Gasteiger partial charge in [-0.05, 0) is 23.6 Å². The first-order valence-electron chi connectivity index (χ1n) is 8.94. The molecule has 0 fully saturated rings. The fraction of sp³-hybridized carbons (Fsp3) is 0.182. The number of thiophene rings is 1. The zero-order valence-electron chi connectivity index (χ0n) is 15.4. The highest BCUT2D eigenvalue weighted by molar-refractivity contribution is 7.15. The predicted octanol–water partition coefficient (Wildman–Crippen LogP) is 5.83. The van der Waals surface area contributed by atoms with Crippen LogP contribution in [0.2, 0.25) is 0 Å². The quantitative estimate of drug-likeness (QED) is 0.392. The molecule has 0 atom stereocenters. The van der Waals surface area contributed by atoms with E-state index in [-0.39, 0.29) is 24.8 Å². The monoisotopic (exact) mass is 413 g/mol. The van der Waals surface area contributed by atoms with Crippen molar-refractivity contribution in [2.75, 3.05) is 17.8 Å². The summed E-state index contributed by atoms with van der Waals surface area (Å²) in [7, 11) is 0. The van der Waals surface area contributed by atoms with Gasteiger partial charge in [-0.25, -0.2) is 4.79 Å². The normalized spacial score (nSPS) is 10.5. The molecular weight excluding hydrogens is 394 g/mol. The lowest BCUT2D eigenvalue weighted by Gasteiger charge is -2.09. The van der Waals surface area contributed by atoms with E-state index >= 15 is 0 Å². The fourth-order valence-corrected chi connectivity index (χ4v) is 3.96. The molecule has 3 aromatic rings. The number of amides is 1. The van der Waals surface area contributed by atoms with Crippen molar-refractivity contribution in [1.82, 2.24) is 0 Å². The molecule has 2 aromatic carbocycles. The summed E-state index contributed by atoms with van der Waals surface area (Å²) in [5.41, 5.74) is 4.22. The van der Waals surface area contributed by atoms with E-state index in [1.165, 1.54) is 11.3 Å². The van der Waals surface area contributed by atoms with Crippen LogP contribution in [0.15, 0.2) is 60.0 Å². The summed E-state index contributed by atoms with van der Waals surface area (Å²) < 4.78 is 5.21. The van der Waals surface area contributed by atoms with E-state index in [1.54, 1.807) is 6.92 Å². The van der Waals surface area contributed by atoms with E-state index in [0.717, 1.165) is 22.3 Å². The van der Waals surface area contributed by atoms with Crippen LogP contribution < -0.4 is 5.32 Å². The number of anilines is 1. The van der Waals surface area contributed by atoms with E-state index in [2.05, 4.69) is 5.32 Å².